The molecule has 0 aliphatic carbocycles. The lowest BCUT2D eigenvalue weighted by molar-refractivity contribution is -0.121. The maximum atomic E-state index is 12.9. The van der Waals surface area contributed by atoms with Gasteiger partial charge in [0.2, 0.25) is 11.8 Å². The second kappa shape index (κ2) is 5.38. The lowest BCUT2D eigenvalue weighted by atomic mass is 10.3. The molecule has 1 saturated heterocycles. The number of thioether (sulfide) groups is 1. The smallest absolute Gasteiger partial charge is 0.247 e. The van der Waals surface area contributed by atoms with Gasteiger partial charge in [-0.15, -0.1) is 23.1 Å². The topological polar surface area (TPSA) is 37.4 Å². The van der Waals surface area contributed by atoms with Crippen LogP contribution in [-0.4, -0.2) is 17.1 Å². The molecule has 3 nitrogen and oxygen atoms in total. The molecule has 2 aromatic rings. The first-order chi connectivity index (χ1) is 9.65. The molecule has 1 atom stereocenters. The SMILES string of the molecule is O=C1C[C@H](Sc2cccs2)C(=O)N1c1ccc(F)cc1. The fourth-order valence-corrected chi connectivity index (χ4v) is 4.08. The summed E-state index contributed by atoms with van der Waals surface area (Å²) in [6, 6.07) is 9.22. The van der Waals surface area contributed by atoms with Crippen molar-refractivity contribution in [2.24, 2.45) is 0 Å². The molecule has 3 rings (SSSR count). The lowest BCUT2D eigenvalue weighted by Gasteiger charge is -2.14. The van der Waals surface area contributed by atoms with Crippen LogP contribution in [0.25, 0.3) is 0 Å². The first-order valence-electron chi connectivity index (χ1n) is 5.97. The quantitative estimate of drug-likeness (QED) is 0.816. The van der Waals surface area contributed by atoms with Gasteiger partial charge < -0.3 is 0 Å². The van der Waals surface area contributed by atoms with E-state index >= 15 is 0 Å². The molecule has 2 amide bonds. The van der Waals surface area contributed by atoms with E-state index in [1.165, 1.54) is 36.0 Å². The van der Waals surface area contributed by atoms with E-state index < -0.39 is 11.1 Å². The number of carbonyl (C=O) groups excluding carboxylic acids is 2. The Bertz CT molecular complexity index is 640. The van der Waals surface area contributed by atoms with E-state index in [0.29, 0.717) is 5.69 Å². The van der Waals surface area contributed by atoms with Crippen molar-refractivity contribution in [1.29, 1.82) is 0 Å². The Balaban J connectivity index is 1.81. The van der Waals surface area contributed by atoms with Crippen molar-refractivity contribution in [2.45, 2.75) is 15.9 Å². The molecule has 0 bridgehead atoms. The molecule has 0 N–H and O–H groups in total. The van der Waals surface area contributed by atoms with Gasteiger partial charge in [0.05, 0.1) is 15.1 Å². The number of halogens is 1. The van der Waals surface area contributed by atoms with Crippen LogP contribution in [-0.2, 0) is 9.59 Å². The summed E-state index contributed by atoms with van der Waals surface area (Å²) in [5.41, 5.74) is 0.427. The Morgan fingerprint density at radius 1 is 1.20 bits per heavy atom. The van der Waals surface area contributed by atoms with Crippen LogP contribution in [0.3, 0.4) is 0 Å². The number of carbonyl (C=O) groups is 2. The van der Waals surface area contributed by atoms with Gasteiger partial charge >= 0.3 is 0 Å². The van der Waals surface area contributed by atoms with Crippen molar-refractivity contribution in [3.05, 3.63) is 47.6 Å². The van der Waals surface area contributed by atoms with Gasteiger partial charge in [0.1, 0.15) is 5.82 Å². The second-order valence-corrected chi connectivity index (χ2v) is 6.74. The summed E-state index contributed by atoms with van der Waals surface area (Å²) in [5, 5.41) is 1.53. The van der Waals surface area contributed by atoms with E-state index in [2.05, 4.69) is 0 Å². The summed E-state index contributed by atoms with van der Waals surface area (Å²) in [6.45, 7) is 0. The fraction of sp³-hybridized carbons (Fsp3) is 0.143. The molecule has 0 spiro atoms. The van der Waals surface area contributed by atoms with Crippen molar-refractivity contribution in [2.75, 3.05) is 4.90 Å². The Morgan fingerprint density at radius 2 is 1.95 bits per heavy atom. The highest BCUT2D eigenvalue weighted by molar-refractivity contribution is 8.02. The van der Waals surface area contributed by atoms with E-state index in [1.807, 2.05) is 17.5 Å². The average Bonchev–Trinajstić information content (AvgIpc) is 3.02. The predicted octanol–water partition coefficient (Wildman–Crippen LogP) is 3.31. The van der Waals surface area contributed by atoms with Gasteiger partial charge in [-0.05, 0) is 35.7 Å². The Morgan fingerprint density at radius 3 is 2.60 bits per heavy atom. The Hall–Kier alpha value is -1.66. The number of rotatable bonds is 3. The molecule has 1 fully saturated rings. The van der Waals surface area contributed by atoms with Gasteiger partial charge in [0.25, 0.3) is 0 Å². The zero-order valence-corrected chi connectivity index (χ0v) is 11.9. The van der Waals surface area contributed by atoms with E-state index in [1.54, 1.807) is 11.3 Å². The molecule has 0 saturated carbocycles. The van der Waals surface area contributed by atoms with Crippen LogP contribution < -0.4 is 4.90 Å². The van der Waals surface area contributed by atoms with Crippen LogP contribution in [0.2, 0.25) is 0 Å². The first kappa shape index (κ1) is 13.3. The Labute approximate surface area is 123 Å². The summed E-state index contributed by atoms with van der Waals surface area (Å²) >= 11 is 2.95. The number of benzene rings is 1. The van der Waals surface area contributed by atoms with Crippen molar-refractivity contribution < 1.29 is 14.0 Å². The molecule has 1 aliphatic rings. The van der Waals surface area contributed by atoms with E-state index in [-0.39, 0.29) is 18.2 Å². The molecule has 2 heterocycles. The lowest BCUT2D eigenvalue weighted by Crippen LogP contribution is -2.31. The zero-order valence-electron chi connectivity index (χ0n) is 10.3. The zero-order chi connectivity index (χ0) is 14.1. The molecular weight excluding hydrogens is 297 g/mol. The largest absolute Gasteiger partial charge is 0.274 e. The van der Waals surface area contributed by atoms with Crippen LogP contribution in [0.15, 0.2) is 46.0 Å². The standard InChI is InChI=1S/C14H10FNO2S2/c15-9-3-5-10(6-4-9)16-12(17)8-11(14(16)18)20-13-2-1-7-19-13/h1-7,11H,8H2/t11-/m0/s1. The molecule has 102 valence electrons. The van der Waals surface area contributed by atoms with Crippen LogP contribution in [0.4, 0.5) is 10.1 Å². The highest BCUT2D eigenvalue weighted by atomic mass is 32.2. The second-order valence-electron chi connectivity index (χ2n) is 4.29. The molecule has 0 radical (unpaired) electrons. The van der Waals surface area contributed by atoms with Gasteiger partial charge in [0, 0.05) is 6.42 Å². The summed E-state index contributed by atoms with van der Waals surface area (Å²) in [4.78, 5) is 25.5. The van der Waals surface area contributed by atoms with E-state index in [9.17, 15) is 14.0 Å². The molecule has 0 unspecified atom stereocenters. The van der Waals surface area contributed by atoms with Crippen LogP contribution in [0, 0.1) is 5.82 Å². The molecule has 1 aromatic carbocycles. The van der Waals surface area contributed by atoms with Crippen molar-refractivity contribution in [3.8, 4) is 0 Å². The maximum absolute atomic E-state index is 12.9. The average molecular weight is 307 g/mol. The van der Waals surface area contributed by atoms with Gasteiger partial charge in [-0.2, -0.15) is 0 Å². The highest BCUT2D eigenvalue weighted by Gasteiger charge is 2.40. The van der Waals surface area contributed by atoms with Gasteiger partial charge in [-0.25, -0.2) is 9.29 Å². The summed E-state index contributed by atoms with van der Waals surface area (Å²) < 4.78 is 13.9. The minimum Gasteiger partial charge on any atom is -0.274 e. The number of hydrogen-bond donors (Lipinski definition) is 0. The van der Waals surface area contributed by atoms with E-state index in [4.69, 9.17) is 0 Å². The number of thiophene rings is 1. The van der Waals surface area contributed by atoms with Gasteiger partial charge in [-0.3, -0.25) is 9.59 Å². The normalized spacial score (nSPS) is 18.9. The number of imide groups is 1. The highest BCUT2D eigenvalue weighted by Crippen LogP contribution is 2.35. The summed E-state index contributed by atoms with van der Waals surface area (Å²) in [6.07, 6.45) is 0.179. The molecule has 20 heavy (non-hydrogen) atoms. The third kappa shape index (κ3) is 2.48. The predicted molar refractivity (Wildman–Crippen MR) is 77.5 cm³/mol. The minimum atomic E-state index is -0.397. The number of nitrogens with zero attached hydrogens (tertiary/aromatic N) is 1. The van der Waals surface area contributed by atoms with Crippen molar-refractivity contribution in [3.63, 3.8) is 0 Å². The van der Waals surface area contributed by atoms with Crippen LogP contribution >= 0.6 is 23.1 Å². The number of anilines is 1. The van der Waals surface area contributed by atoms with Crippen LogP contribution in [0.1, 0.15) is 6.42 Å². The van der Waals surface area contributed by atoms with Crippen LogP contribution in [0.5, 0.6) is 0 Å². The summed E-state index contributed by atoms with van der Waals surface area (Å²) in [7, 11) is 0. The van der Waals surface area contributed by atoms with E-state index in [0.717, 1.165) is 9.11 Å². The van der Waals surface area contributed by atoms with Gasteiger partial charge in [-0.1, -0.05) is 6.07 Å². The van der Waals surface area contributed by atoms with Crippen molar-refractivity contribution >= 4 is 40.6 Å². The van der Waals surface area contributed by atoms with Gasteiger partial charge in [0.15, 0.2) is 0 Å². The summed E-state index contributed by atoms with van der Waals surface area (Å²) in [5.74, 6) is -0.868. The monoisotopic (exact) mass is 307 g/mol. The molecule has 1 aromatic heterocycles. The van der Waals surface area contributed by atoms with Crippen molar-refractivity contribution in [1.82, 2.24) is 0 Å². The molecule has 6 heteroatoms. The minimum absolute atomic E-state index is 0.179. The first-order valence-corrected chi connectivity index (χ1v) is 7.73. The maximum Gasteiger partial charge on any atom is 0.247 e. The number of hydrogen-bond acceptors (Lipinski definition) is 4. The Kier molecular flexibility index (Phi) is 3.58. The molecule has 1 aliphatic heterocycles. The number of amides is 2. The third-order valence-corrected chi connectivity index (χ3v) is 5.20. The fourth-order valence-electron chi connectivity index (χ4n) is 2.03. The molecular formula is C14H10FNO2S2. The third-order valence-electron chi connectivity index (χ3n) is 2.94.